The number of piperazine rings is 1. The highest BCUT2D eigenvalue weighted by atomic mass is 16.4. The molecule has 0 radical (unpaired) electrons. The van der Waals surface area contributed by atoms with E-state index < -0.39 is 5.97 Å². The highest BCUT2D eigenvalue weighted by molar-refractivity contribution is 5.68. The fourth-order valence-corrected chi connectivity index (χ4v) is 4.62. The van der Waals surface area contributed by atoms with E-state index in [1.165, 1.54) is 12.8 Å². The topological polar surface area (TPSA) is 47.0 Å². The van der Waals surface area contributed by atoms with Crippen molar-refractivity contribution in [2.24, 2.45) is 0 Å². The van der Waals surface area contributed by atoms with Gasteiger partial charge in [-0.3, -0.25) is 9.69 Å². The maximum absolute atomic E-state index is 11.4. The third kappa shape index (κ3) is 2.47. The Kier molecular flexibility index (Phi) is 3.77. The van der Waals surface area contributed by atoms with Crippen molar-refractivity contribution < 1.29 is 9.90 Å². The lowest BCUT2D eigenvalue weighted by Gasteiger charge is -2.52. The first-order valence-electron chi connectivity index (χ1n) is 7.87. The van der Waals surface area contributed by atoms with Crippen molar-refractivity contribution in [3.63, 3.8) is 0 Å². The zero-order chi connectivity index (χ0) is 14.3. The standard InChI is InChI=1S/C15H27N3O2/c1-16-5-7-18(8-6-16)15(11-14(19)20)9-12-3-4-13(10-15)17(12)2/h12-13H,3-11H2,1-2H3,(H,19,20). The van der Waals surface area contributed by atoms with E-state index in [0.717, 1.165) is 39.0 Å². The third-order valence-corrected chi connectivity index (χ3v) is 5.87. The summed E-state index contributed by atoms with van der Waals surface area (Å²) in [6.45, 7) is 4.17. The highest BCUT2D eigenvalue weighted by Crippen LogP contribution is 2.44. The first-order chi connectivity index (χ1) is 9.50. The largest absolute Gasteiger partial charge is 0.481 e. The number of carbonyl (C=O) groups is 1. The molecule has 3 saturated heterocycles. The normalized spacial score (nSPS) is 40.1. The second-order valence-electron chi connectivity index (χ2n) is 7.04. The van der Waals surface area contributed by atoms with Crippen molar-refractivity contribution in [3.8, 4) is 0 Å². The van der Waals surface area contributed by atoms with Gasteiger partial charge in [-0.25, -0.2) is 0 Å². The maximum atomic E-state index is 11.4. The van der Waals surface area contributed by atoms with Crippen LogP contribution >= 0.6 is 0 Å². The zero-order valence-corrected chi connectivity index (χ0v) is 12.7. The summed E-state index contributed by atoms with van der Waals surface area (Å²) in [5.41, 5.74) is -0.0918. The molecule has 0 aromatic carbocycles. The van der Waals surface area contributed by atoms with E-state index in [0.29, 0.717) is 18.5 Å². The Morgan fingerprint density at radius 1 is 1.10 bits per heavy atom. The fourth-order valence-electron chi connectivity index (χ4n) is 4.62. The maximum Gasteiger partial charge on any atom is 0.305 e. The zero-order valence-electron chi connectivity index (χ0n) is 12.7. The Bertz CT molecular complexity index is 365. The SMILES string of the molecule is CN1CCN(C2(CC(=O)O)CC3CCC(C2)N3C)CC1. The van der Waals surface area contributed by atoms with E-state index in [-0.39, 0.29) is 5.54 Å². The minimum absolute atomic E-state index is 0.0918. The first-order valence-corrected chi connectivity index (χ1v) is 7.87. The second kappa shape index (κ2) is 5.28. The number of likely N-dealkylation sites (N-methyl/N-ethyl adjacent to an activating group) is 1. The number of piperidine rings is 1. The van der Waals surface area contributed by atoms with E-state index in [2.05, 4.69) is 28.8 Å². The molecule has 0 amide bonds. The number of hydrogen-bond donors (Lipinski definition) is 1. The Morgan fingerprint density at radius 3 is 2.15 bits per heavy atom. The van der Waals surface area contributed by atoms with E-state index in [1.807, 2.05) is 0 Å². The van der Waals surface area contributed by atoms with Crippen LogP contribution in [0.4, 0.5) is 0 Å². The summed E-state index contributed by atoms with van der Waals surface area (Å²) in [5, 5.41) is 9.42. The lowest BCUT2D eigenvalue weighted by Crippen LogP contribution is -2.62. The molecule has 20 heavy (non-hydrogen) atoms. The molecular formula is C15H27N3O2. The molecule has 0 aromatic rings. The molecule has 2 unspecified atom stereocenters. The van der Waals surface area contributed by atoms with Gasteiger partial charge in [-0.05, 0) is 39.8 Å². The van der Waals surface area contributed by atoms with Crippen LogP contribution in [0, 0.1) is 0 Å². The molecule has 5 heteroatoms. The molecule has 114 valence electrons. The van der Waals surface area contributed by atoms with Gasteiger partial charge in [-0.2, -0.15) is 0 Å². The summed E-state index contributed by atoms with van der Waals surface area (Å²) in [6, 6.07) is 1.18. The van der Waals surface area contributed by atoms with Crippen molar-refractivity contribution in [3.05, 3.63) is 0 Å². The molecule has 1 N–H and O–H groups in total. The Hall–Kier alpha value is -0.650. The number of nitrogens with zero attached hydrogens (tertiary/aromatic N) is 3. The average molecular weight is 281 g/mol. The predicted molar refractivity (Wildman–Crippen MR) is 77.9 cm³/mol. The quantitative estimate of drug-likeness (QED) is 0.825. The Balaban J connectivity index is 1.80. The molecule has 2 atom stereocenters. The summed E-state index contributed by atoms with van der Waals surface area (Å²) < 4.78 is 0. The van der Waals surface area contributed by atoms with Gasteiger partial charge < -0.3 is 14.9 Å². The molecule has 2 bridgehead atoms. The van der Waals surface area contributed by atoms with Gasteiger partial charge >= 0.3 is 5.97 Å². The first kappa shape index (κ1) is 14.3. The van der Waals surface area contributed by atoms with E-state index in [1.54, 1.807) is 0 Å². The van der Waals surface area contributed by atoms with Gasteiger partial charge in [0.1, 0.15) is 0 Å². The number of hydrogen-bond acceptors (Lipinski definition) is 4. The molecule has 3 aliphatic heterocycles. The smallest absolute Gasteiger partial charge is 0.305 e. The predicted octanol–water partition coefficient (Wildman–Crippen LogP) is 0.704. The Morgan fingerprint density at radius 2 is 1.65 bits per heavy atom. The van der Waals surface area contributed by atoms with Crippen LogP contribution in [0.25, 0.3) is 0 Å². The molecule has 3 rings (SSSR count). The molecule has 0 spiro atoms. The van der Waals surface area contributed by atoms with Crippen molar-refractivity contribution >= 4 is 5.97 Å². The lowest BCUT2D eigenvalue weighted by molar-refractivity contribution is -0.143. The summed E-state index contributed by atoms with van der Waals surface area (Å²) in [7, 11) is 4.37. The van der Waals surface area contributed by atoms with Crippen LogP contribution in [0.2, 0.25) is 0 Å². The molecule has 0 aromatic heterocycles. The second-order valence-corrected chi connectivity index (χ2v) is 7.04. The minimum Gasteiger partial charge on any atom is -0.481 e. The number of fused-ring (bicyclic) bond motifs is 2. The summed E-state index contributed by atoms with van der Waals surface area (Å²) in [4.78, 5) is 18.8. The number of carboxylic acid groups (broad SMARTS) is 1. The lowest BCUT2D eigenvalue weighted by atomic mass is 9.78. The van der Waals surface area contributed by atoms with Crippen LogP contribution in [0.5, 0.6) is 0 Å². The minimum atomic E-state index is -0.632. The fraction of sp³-hybridized carbons (Fsp3) is 0.933. The number of carboxylic acids is 1. The molecule has 0 aliphatic carbocycles. The van der Waals surface area contributed by atoms with Crippen LogP contribution in [0.3, 0.4) is 0 Å². The summed E-state index contributed by atoms with van der Waals surface area (Å²) >= 11 is 0. The van der Waals surface area contributed by atoms with Crippen molar-refractivity contribution in [2.45, 2.75) is 49.7 Å². The molecule has 5 nitrogen and oxygen atoms in total. The molecule has 3 fully saturated rings. The van der Waals surface area contributed by atoms with Gasteiger partial charge in [0.15, 0.2) is 0 Å². The van der Waals surface area contributed by atoms with Gasteiger partial charge in [0.05, 0.1) is 6.42 Å². The van der Waals surface area contributed by atoms with Crippen molar-refractivity contribution in [1.82, 2.24) is 14.7 Å². The van der Waals surface area contributed by atoms with Crippen LogP contribution in [-0.4, -0.2) is 83.7 Å². The van der Waals surface area contributed by atoms with Gasteiger partial charge in [0, 0.05) is 43.8 Å². The number of aliphatic carboxylic acids is 1. The van der Waals surface area contributed by atoms with E-state index in [9.17, 15) is 9.90 Å². The summed E-state index contributed by atoms with van der Waals surface area (Å²) in [5.74, 6) is -0.632. The Labute approximate surface area is 121 Å². The van der Waals surface area contributed by atoms with Crippen LogP contribution in [0.1, 0.15) is 32.1 Å². The number of rotatable bonds is 3. The third-order valence-electron chi connectivity index (χ3n) is 5.87. The van der Waals surface area contributed by atoms with Crippen molar-refractivity contribution in [1.29, 1.82) is 0 Å². The van der Waals surface area contributed by atoms with Crippen molar-refractivity contribution in [2.75, 3.05) is 40.3 Å². The monoisotopic (exact) mass is 281 g/mol. The molecule has 3 heterocycles. The van der Waals surface area contributed by atoms with Gasteiger partial charge in [0.25, 0.3) is 0 Å². The van der Waals surface area contributed by atoms with Crippen LogP contribution in [0.15, 0.2) is 0 Å². The highest BCUT2D eigenvalue weighted by Gasteiger charge is 2.50. The van der Waals surface area contributed by atoms with E-state index >= 15 is 0 Å². The van der Waals surface area contributed by atoms with Gasteiger partial charge in [0.2, 0.25) is 0 Å². The van der Waals surface area contributed by atoms with Gasteiger partial charge in [-0.15, -0.1) is 0 Å². The average Bonchev–Trinajstić information content (AvgIpc) is 2.62. The van der Waals surface area contributed by atoms with Gasteiger partial charge in [-0.1, -0.05) is 0 Å². The molecule has 0 saturated carbocycles. The van der Waals surface area contributed by atoms with Crippen LogP contribution < -0.4 is 0 Å². The van der Waals surface area contributed by atoms with E-state index in [4.69, 9.17) is 0 Å². The molecular weight excluding hydrogens is 254 g/mol. The van der Waals surface area contributed by atoms with Crippen LogP contribution in [-0.2, 0) is 4.79 Å². The summed E-state index contributed by atoms with van der Waals surface area (Å²) in [6.07, 6.45) is 4.89. The molecule has 3 aliphatic rings.